The number of benzene rings is 3. The summed E-state index contributed by atoms with van der Waals surface area (Å²) in [5, 5.41) is 10.2. The summed E-state index contributed by atoms with van der Waals surface area (Å²) in [7, 11) is 0. The molecule has 0 saturated heterocycles. The molecule has 0 N–H and O–H groups in total. The van der Waals surface area contributed by atoms with E-state index in [2.05, 4.69) is 65.2 Å². The molecule has 4 aromatic rings. The molecule has 4 rings (SSSR count). The lowest BCUT2D eigenvalue weighted by molar-refractivity contribution is 1.13. The van der Waals surface area contributed by atoms with Crippen LogP contribution in [0.2, 0.25) is 0 Å². The zero-order valence-electron chi connectivity index (χ0n) is 12.5. The number of aromatic nitrogens is 1. The lowest BCUT2D eigenvalue weighted by Crippen LogP contribution is -1.96. The molecule has 0 aliphatic rings. The van der Waals surface area contributed by atoms with Crippen molar-refractivity contribution < 1.29 is 0 Å². The molecule has 2 heteroatoms. The first-order chi connectivity index (χ1) is 11.4. The third kappa shape index (κ3) is 2.29. The van der Waals surface area contributed by atoms with Gasteiger partial charge in [-0.15, -0.1) is 0 Å². The predicted octanol–water partition coefficient (Wildman–Crippen LogP) is 5.17. The van der Waals surface area contributed by atoms with Crippen molar-refractivity contribution in [2.75, 3.05) is 0 Å². The van der Waals surface area contributed by atoms with Gasteiger partial charge >= 0.3 is 0 Å². The number of rotatable bonds is 2. The van der Waals surface area contributed by atoms with E-state index >= 15 is 0 Å². The van der Waals surface area contributed by atoms with Crippen LogP contribution in [-0.2, 0) is 0 Å². The molecule has 0 bridgehead atoms. The minimum atomic E-state index is 0.673. The van der Waals surface area contributed by atoms with Crippen LogP contribution in [0.4, 0.5) is 0 Å². The summed E-state index contributed by atoms with van der Waals surface area (Å²) in [6, 6.07) is 30.8. The maximum Gasteiger partial charge on any atom is 0.0991 e. The second kappa shape index (κ2) is 5.47. The van der Waals surface area contributed by atoms with Gasteiger partial charge in [0.15, 0.2) is 0 Å². The first kappa shape index (κ1) is 13.4. The number of fused-ring (bicyclic) bond motifs is 1. The molecule has 2 nitrogen and oxygen atoms in total. The highest BCUT2D eigenvalue weighted by Gasteiger charge is 2.11. The summed E-state index contributed by atoms with van der Waals surface area (Å²) >= 11 is 0. The molecule has 0 amide bonds. The molecule has 0 saturated carbocycles. The smallest absolute Gasteiger partial charge is 0.0991 e. The van der Waals surface area contributed by atoms with Crippen LogP contribution in [0.1, 0.15) is 5.56 Å². The van der Waals surface area contributed by atoms with Crippen molar-refractivity contribution in [1.29, 1.82) is 5.26 Å². The second-order valence-corrected chi connectivity index (χ2v) is 5.45. The van der Waals surface area contributed by atoms with Gasteiger partial charge in [0.1, 0.15) is 0 Å². The number of para-hydroxylation sites is 1. The fraction of sp³-hybridized carbons (Fsp3) is 0. The normalized spacial score (nSPS) is 10.6. The quantitative estimate of drug-likeness (QED) is 0.501. The molecule has 0 atom stereocenters. The maximum atomic E-state index is 9.01. The first-order valence-electron chi connectivity index (χ1n) is 7.53. The Morgan fingerprint density at radius 2 is 1.43 bits per heavy atom. The Morgan fingerprint density at radius 3 is 2.17 bits per heavy atom. The zero-order chi connectivity index (χ0) is 15.6. The van der Waals surface area contributed by atoms with Gasteiger partial charge in [0.25, 0.3) is 0 Å². The second-order valence-electron chi connectivity index (χ2n) is 5.45. The van der Waals surface area contributed by atoms with E-state index in [1.54, 1.807) is 0 Å². The predicted molar refractivity (Wildman–Crippen MR) is 93.4 cm³/mol. The van der Waals surface area contributed by atoms with E-state index in [-0.39, 0.29) is 0 Å². The highest BCUT2D eigenvalue weighted by Crippen LogP contribution is 2.31. The van der Waals surface area contributed by atoms with Gasteiger partial charge in [-0.2, -0.15) is 5.26 Å². The lowest BCUT2D eigenvalue weighted by atomic mass is 10.1. The van der Waals surface area contributed by atoms with Gasteiger partial charge in [-0.25, -0.2) is 0 Å². The average Bonchev–Trinajstić information content (AvgIpc) is 3.02. The van der Waals surface area contributed by atoms with E-state index in [0.29, 0.717) is 5.56 Å². The Labute approximate surface area is 134 Å². The van der Waals surface area contributed by atoms with Crippen LogP contribution >= 0.6 is 0 Å². The highest BCUT2D eigenvalue weighted by molar-refractivity contribution is 5.89. The van der Waals surface area contributed by atoms with Crippen molar-refractivity contribution in [3.05, 3.63) is 90.5 Å². The molecule has 0 radical (unpaired) electrons. The van der Waals surface area contributed by atoms with Crippen molar-refractivity contribution in [2.24, 2.45) is 0 Å². The van der Waals surface area contributed by atoms with Crippen molar-refractivity contribution in [3.8, 4) is 23.0 Å². The van der Waals surface area contributed by atoms with E-state index in [1.165, 1.54) is 10.9 Å². The van der Waals surface area contributed by atoms with Gasteiger partial charge in [0.05, 0.1) is 22.8 Å². The molecule has 0 aliphatic heterocycles. The van der Waals surface area contributed by atoms with Crippen molar-refractivity contribution in [3.63, 3.8) is 0 Å². The van der Waals surface area contributed by atoms with Crippen LogP contribution < -0.4 is 0 Å². The van der Waals surface area contributed by atoms with Crippen molar-refractivity contribution in [2.45, 2.75) is 0 Å². The fourth-order valence-corrected chi connectivity index (χ4v) is 2.94. The molecule has 3 aromatic carbocycles. The summed E-state index contributed by atoms with van der Waals surface area (Å²) in [6.45, 7) is 0. The standard InChI is InChI=1S/C21H14N2/c22-15-16-10-12-19(13-11-16)23-20-9-5-4-8-18(20)14-21(23)17-6-2-1-3-7-17/h1-14H. The SMILES string of the molecule is N#Cc1ccc(-n2c(-c3ccccc3)cc3ccccc32)cc1. The van der Waals surface area contributed by atoms with E-state index in [9.17, 15) is 0 Å². The Kier molecular flexibility index (Phi) is 3.18. The molecule has 108 valence electrons. The largest absolute Gasteiger partial charge is 0.309 e. The van der Waals surface area contributed by atoms with E-state index < -0.39 is 0 Å². The molecular weight excluding hydrogens is 280 g/mol. The highest BCUT2D eigenvalue weighted by atomic mass is 15.0. The third-order valence-corrected chi connectivity index (χ3v) is 4.03. The summed E-state index contributed by atoms with van der Waals surface area (Å²) in [4.78, 5) is 0. The molecular formula is C21H14N2. The number of hydrogen-bond acceptors (Lipinski definition) is 1. The van der Waals surface area contributed by atoms with Crippen LogP contribution in [0.5, 0.6) is 0 Å². The summed E-state index contributed by atoms with van der Waals surface area (Å²) in [6.07, 6.45) is 0. The van der Waals surface area contributed by atoms with Crippen molar-refractivity contribution >= 4 is 10.9 Å². The van der Waals surface area contributed by atoms with Gasteiger partial charge in [0, 0.05) is 11.1 Å². The molecule has 23 heavy (non-hydrogen) atoms. The molecule has 0 unspecified atom stereocenters. The average molecular weight is 294 g/mol. The number of nitriles is 1. The minimum absolute atomic E-state index is 0.673. The van der Waals surface area contributed by atoms with Gasteiger partial charge in [-0.3, -0.25) is 0 Å². The Balaban J connectivity index is 2.01. The Morgan fingerprint density at radius 1 is 0.739 bits per heavy atom. The molecule has 0 spiro atoms. The van der Waals surface area contributed by atoms with E-state index in [4.69, 9.17) is 5.26 Å². The van der Waals surface area contributed by atoms with Crippen LogP contribution in [-0.4, -0.2) is 4.57 Å². The van der Waals surface area contributed by atoms with E-state index in [0.717, 1.165) is 16.9 Å². The Hall–Kier alpha value is -3.31. The van der Waals surface area contributed by atoms with Crippen LogP contribution in [0.15, 0.2) is 84.9 Å². The summed E-state index contributed by atoms with van der Waals surface area (Å²) < 4.78 is 2.24. The minimum Gasteiger partial charge on any atom is -0.309 e. The Bertz CT molecular complexity index is 1000. The topological polar surface area (TPSA) is 28.7 Å². The monoisotopic (exact) mass is 294 g/mol. The zero-order valence-corrected chi connectivity index (χ0v) is 12.5. The van der Waals surface area contributed by atoms with Crippen LogP contribution in [0.25, 0.3) is 27.8 Å². The maximum absolute atomic E-state index is 9.01. The van der Waals surface area contributed by atoms with Gasteiger partial charge in [0.2, 0.25) is 0 Å². The molecule has 0 aliphatic carbocycles. The third-order valence-electron chi connectivity index (χ3n) is 4.03. The lowest BCUT2D eigenvalue weighted by Gasteiger charge is -2.11. The fourth-order valence-electron chi connectivity index (χ4n) is 2.94. The van der Waals surface area contributed by atoms with Gasteiger partial charge in [-0.1, -0.05) is 48.5 Å². The summed E-state index contributed by atoms with van der Waals surface area (Å²) in [5.41, 5.74) is 5.22. The molecule has 1 aromatic heterocycles. The summed E-state index contributed by atoms with van der Waals surface area (Å²) in [5.74, 6) is 0. The molecule has 1 heterocycles. The van der Waals surface area contributed by atoms with Gasteiger partial charge in [-0.05, 0) is 42.0 Å². The van der Waals surface area contributed by atoms with Gasteiger partial charge < -0.3 is 4.57 Å². The molecule has 0 fully saturated rings. The number of hydrogen-bond donors (Lipinski definition) is 0. The van der Waals surface area contributed by atoms with Crippen LogP contribution in [0, 0.1) is 11.3 Å². The van der Waals surface area contributed by atoms with Crippen LogP contribution in [0.3, 0.4) is 0 Å². The first-order valence-corrected chi connectivity index (χ1v) is 7.53. The van der Waals surface area contributed by atoms with E-state index in [1.807, 2.05) is 30.3 Å². The number of nitrogens with zero attached hydrogens (tertiary/aromatic N) is 2. The van der Waals surface area contributed by atoms with Crippen molar-refractivity contribution in [1.82, 2.24) is 4.57 Å².